The average Bonchev–Trinajstić information content (AvgIpc) is 3.28. The van der Waals surface area contributed by atoms with Gasteiger partial charge in [0.1, 0.15) is 0 Å². The Morgan fingerprint density at radius 3 is 2.42 bits per heavy atom. The predicted molar refractivity (Wildman–Crippen MR) is 129 cm³/mol. The monoisotopic (exact) mass is 444 g/mol. The maximum absolute atomic E-state index is 13.6. The van der Waals surface area contributed by atoms with Crippen LogP contribution in [0.1, 0.15) is 35.8 Å². The molecule has 0 aliphatic carbocycles. The minimum absolute atomic E-state index is 0.0994. The third kappa shape index (κ3) is 4.39. The third-order valence-electron chi connectivity index (χ3n) is 5.57. The highest BCUT2D eigenvalue weighted by molar-refractivity contribution is 6.06. The molecule has 0 aliphatic rings. The summed E-state index contributed by atoms with van der Waals surface area (Å²) in [4.78, 5) is 20.2. The SMILES string of the molecule is COc1ccc(CN(C)C(=O)c2cc(-c3ccccc3)nc3c2cnn3C(C)C)cc1OC. The zero-order valence-electron chi connectivity index (χ0n) is 19.6. The van der Waals surface area contributed by atoms with Gasteiger partial charge in [0.25, 0.3) is 5.91 Å². The van der Waals surface area contributed by atoms with Crippen molar-refractivity contribution in [2.24, 2.45) is 0 Å². The molecular formula is C26H28N4O3. The number of benzene rings is 2. The Balaban J connectivity index is 1.74. The fraction of sp³-hybridized carbons (Fsp3) is 0.269. The van der Waals surface area contributed by atoms with Gasteiger partial charge in [0.15, 0.2) is 17.1 Å². The van der Waals surface area contributed by atoms with E-state index in [1.54, 1.807) is 32.4 Å². The summed E-state index contributed by atoms with van der Waals surface area (Å²) >= 11 is 0. The summed E-state index contributed by atoms with van der Waals surface area (Å²) in [7, 11) is 4.99. The molecule has 0 fully saturated rings. The quantitative estimate of drug-likeness (QED) is 0.403. The number of hydrogen-bond donors (Lipinski definition) is 0. The van der Waals surface area contributed by atoms with E-state index in [4.69, 9.17) is 14.5 Å². The van der Waals surface area contributed by atoms with Crippen LogP contribution in [0.15, 0.2) is 60.8 Å². The van der Waals surface area contributed by atoms with Crippen LogP contribution in [-0.2, 0) is 6.54 Å². The van der Waals surface area contributed by atoms with Crippen LogP contribution in [0, 0.1) is 0 Å². The molecule has 0 saturated carbocycles. The van der Waals surface area contributed by atoms with E-state index in [1.807, 2.05) is 73.1 Å². The summed E-state index contributed by atoms with van der Waals surface area (Å²) in [6.45, 7) is 4.52. The van der Waals surface area contributed by atoms with Crippen molar-refractivity contribution in [3.8, 4) is 22.8 Å². The lowest BCUT2D eigenvalue weighted by molar-refractivity contribution is 0.0787. The molecule has 2 heterocycles. The fourth-order valence-corrected chi connectivity index (χ4v) is 3.86. The molecule has 0 atom stereocenters. The summed E-state index contributed by atoms with van der Waals surface area (Å²) in [6.07, 6.45) is 1.73. The van der Waals surface area contributed by atoms with Gasteiger partial charge in [-0.1, -0.05) is 36.4 Å². The summed E-state index contributed by atoms with van der Waals surface area (Å²) in [6, 6.07) is 17.5. The van der Waals surface area contributed by atoms with E-state index in [0.717, 1.165) is 22.2 Å². The number of nitrogens with zero attached hydrogens (tertiary/aromatic N) is 4. The molecule has 33 heavy (non-hydrogen) atoms. The van der Waals surface area contributed by atoms with E-state index < -0.39 is 0 Å². The Labute approximate surface area is 193 Å². The summed E-state index contributed by atoms with van der Waals surface area (Å²) in [5, 5.41) is 5.25. The average molecular weight is 445 g/mol. The number of methoxy groups -OCH3 is 2. The third-order valence-corrected chi connectivity index (χ3v) is 5.57. The molecule has 2 aromatic carbocycles. The molecule has 1 amide bonds. The standard InChI is InChI=1S/C26H28N4O3/c1-17(2)30-25-21(15-27-30)20(14-22(28-25)19-9-7-6-8-10-19)26(31)29(3)16-18-11-12-23(32-4)24(13-18)33-5/h6-15,17H,16H2,1-5H3. The molecule has 0 aliphatic heterocycles. The minimum Gasteiger partial charge on any atom is -0.493 e. The summed E-state index contributed by atoms with van der Waals surface area (Å²) < 4.78 is 12.6. The first-order chi connectivity index (χ1) is 15.9. The fourth-order valence-electron chi connectivity index (χ4n) is 3.86. The van der Waals surface area contributed by atoms with Crippen LogP contribution in [0.3, 0.4) is 0 Å². The summed E-state index contributed by atoms with van der Waals surface area (Å²) in [5.74, 6) is 1.18. The molecule has 2 aromatic heterocycles. The van der Waals surface area contributed by atoms with E-state index in [9.17, 15) is 4.79 Å². The summed E-state index contributed by atoms with van der Waals surface area (Å²) in [5.41, 5.74) is 3.92. The Morgan fingerprint density at radius 2 is 1.76 bits per heavy atom. The van der Waals surface area contributed by atoms with E-state index in [0.29, 0.717) is 29.3 Å². The number of rotatable bonds is 7. The Kier molecular flexibility index (Phi) is 6.31. The Hall–Kier alpha value is -3.87. The molecule has 170 valence electrons. The van der Waals surface area contributed by atoms with Crippen molar-refractivity contribution in [3.05, 3.63) is 71.9 Å². The first-order valence-corrected chi connectivity index (χ1v) is 10.8. The van der Waals surface area contributed by atoms with Crippen LogP contribution >= 0.6 is 0 Å². The van der Waals surface area contributed by atoms with Gasteiger partial charge in [-0.05, 0) is 37.6 Å². The highest BCUT2D eigenvalue weighted by Gasteiger charge is 2.21. The number of hydrogen-bond acceptors (Lipinski definition) is 5. The molecular weight excluding hydrogens is 416 g/mol. The molecule has 0 unspecified atom stereocenters. The predicted octanol–water partition coefficient (Wildman–Crippen LogP) is 4.97. The molecule has 4 aromatic rings. The van der Waals surface area contributed by atoms with Crippen LogP contribution in [0.2, 0.25) is 0 Å². The zero-order valence-corrected chi connectivity index (χ0v) is 19.6. The number of pyridine rings is 1. The van der Waals surface area contributed by atoms with Gasteiger partial charge in [0.05, 0.1) is 37.1 Å². The van der Waals surface area contributed by atoms with Crippen LogP contribution in [0.5, 0.6) is 11.5 Å². The lowest BCUT2D eigenvalue weighted by Gasteiger charge is -2.19. The molecule has 0 N–H and O–H groups in total. The number of aromatic nitrogens is 3. The maximum Gasteiger partial charge on any atom is 0.254 e. The lowest BCUT2D eigenvalue weighted by atomic mass is 10.1. The normalized spacial score (nSPS) is 11.1. The van der Waals surface area contributed by atoms with Crippen LogP contribution in [-0.4, -0.2) is 46.8 Å². The van der Waals surface area contributed by atoms with E-state index in [2.05, 4.69) is 5.10 Å². The van der Waals surface area contributed by atoms with E-state index in [1.165, 1.54) is 0 Å². The van der Waals surface area contributed by atoms with Gasteiger partial charge in [-0.2, -0.15) is 5.10 Å². The molecule has 0 saturated heterocycles. The largest absolute Gasteiger partial charge is 0.493 e. The number of carbonyl (C=O) groups excluding carboxylic acids is 1. The number of amides is 1. The number of carbonyl (C=O) groups is 1. The van der Waals surface area contributed by atoms with Crippen molar-refractivity contribution in [2.75, 3.05) is 21.3 Å². The lowest BCUT2D eigenvalue weighted by Crippen LogP contribution is -2.26. The number of fused-ring (bicyclic) bond motifs is 1. The van der Waals surface area contributed by atoms with E-state index >= 15 is 0 Å². The van der Waals surface area contributed by atoms with Crippen LogP contribution < -0.4 is 9.47 Å². The van der Waals surface area contributed by atoms with Crippen LogP contribution in [0.4, 0.5) is 0 Å². The second kappa shape index (κ2) is 9.32. The van der Waals surface area contributed by atoms with Gasteiger partial charge >= 0.3 is 0 Å². The van der Waals surface area contributed by atoms with Gasteiger partial charge in [-0.15, -0.1) is 0 Å². The number of ether oxygens (including phenoxy) is 2. The molecule has 7 heteroatoms. The van der Waals surface area contributed by atoms with Gasteiger partial charge in [-0.25, -0.2) is 9.67 Å². The van der Waals surface area contributed by atoms with Crippen molar-refractivity contribution < 1.29 is 14.3 Å². The Bertz CT molecular complexity index is 1280. The van der Waals surface area contributed by atoms with Crippen LogP contribution in [0.25, 0.3) is 22.3 Å². The minimum atomic E-state index is -0.0994. The molecule has 0 radical (unpaired) electrons. The Morgan fingerprint density at radius 1 is 1.03 bits per heavy atom. The van der Waals surface area contributed by atoms with Crippen molar-refractivity contribution in [1.82, 2.24) is 19.7 Å². The molecule has 0 bridgehead atoms. The van der Waals surface area contributed by atoms with Crippen molar-refractivity contribution in [3.63, 3.8) is 0 Å². The smallest absolute Gasteiger partial charge is 0.254 e. The van der Waals surface area contributed by atoms with Gasteiger partial charge in [-0.3, -0.25) is 4.79 Å². The van der Waals surface area contributed by atoms with Gasteiger partial charge in [0.2, 0.25) is 0 Å². The maximum atomic E-state index is 13.6. The first kappa shape index (κ1) is 22.3. The zero-order chi connectivity index (χ0) is 23.5. The van der Waals surface area contributed by atoms with Crippen molar-refractivity contribution >= 4 is 16.9 Å². The molecule has 4 rings (SSSR count). The van der Waals surface area contributed by atoms with Crippen molar-refractivity contribution in [1.29, 1.82) is 0 Å². The van der Waals surface area contributed by atoms with Crippen molar-refractivity contribution in [2.45, 2.75) is 26.4 Å². The molecule has 0 spiro atoms. The van der Waals surface area contributed by atoms with Gasteiger partial charge < -0.3 is 14.4 Å². The highest BCUT2D eigenvalue weighted by atomic mass is 16.5. The highest BCUT2D eigenvalue weighted by Crippen LogP contribution is 2.30. The van der Waals surface area contributed by atoms with E-state index in [-0.39, 0.29) is 11.9 Å². The second-order valence-electron chi connectivity index (χ2n) is 8.19. The van der Waals surface area contributed by atoms with Gasteiger partial charge in [0, 0.05) is 25.2 Å². The first-order valence-electron chi connectivity index (χ1n) is 10.8. The molecule has 7 nitrogen and oxygen atoms in total. The second-order valence-corrected chi connectivity index (χ2v) is 8.19. The topological polar surface area (TPSA) is 69.5 Å².